The van der Waals surface area contributed by atoms with Crippen molar-refractivity contribution in [3.8, 4) is 0 Å². The van der Waals surface area contributed by atoms with Crippen molar-refractivity contribution in [1.82, 2.24) is 10.7 Å². The smallest absolute Gasteiger partial charge is 0.0864 e. The van der Waals surface area contributed by atoms with E-state index in [4.69, 9.17) is 0 Å². The lowest BCUT2D eigenvalue weighted by Crippen LogP contribution is -2.08. The van der Waals surface area contributed by atoms with E-state index in [2.05, 4.69) is 33.8 Å². The fourth-order valence-electron chi connectivity index (χ4n) is 1.14. The Kier molecular flexibility index (Phi) is 9.80. The highest BCUT2D eigenvalue weighted by Gasteiger charge is 1.92. The predicted octanol–water partition coefficient (Wildman–Crippen LogP) is 3.14. The van der Waals surface area contributed by atoms with Crippen molar-refractivity contribution in [1.29, 1.82) is 0 Å². The summed E-state index contributed by atoms with van der Waals surface area (Å²) in [5.74, 6) is 0. The lowest BCUT2D eigenvalue weighted by atomic mass is 10.1. The van der Waals surface area contributed by atoms with Gasteiger partial charge < -0.3 is 5.32 Å². The molecule has 0 aromatic rings. The molecule has 0 aliphatic carbocycles. The number of rotatable bonds is 7. The Bertz CT molecular complexity index is 423. The van der Waals surface area contributed by atoms with Crippen molar-refractivity contribution in [2.75, 3.05) is 7.05 Å². The van der Waals surface area contributed by atoms with E-state index in [1.807, 2.05) is 45.2 Å². The van der Waals surface area contributed by atoms with Gasteiger partial charge in [-0.1, -0.05) is 12.2 Å². The normalized spacial score (nSPS) is 14.9. The topological polar surface area (TPSA) is 48.8 Å². The highest BCUT2D eigenvalue weighted by molar-refractivity contribution is 5.58. The van der Waals surface area contributed by atoms with Crippen LogP contribution >= 0.6 is 0 Å². The molecule has 4 nitrogen and oxygen atoms in total. The van der Waals surface area contributed by atoms with Crippen molar-refractivity contribution in [3.05, 3.63) is 47.3 Å². The Morgan fingerprint density at radius 2 is 1.79 bits per heavy atom. The molecule has 0 rings (SSSR count). The molecule has 0 heterocycles. The summed E-state index contributed by atoms with van der Waals surface area (Å²) in [4.78, 5) is 3.90. The zero-order valence-electron chi connectivity index (χ0n) is 12.4. The maximum absolute atomic E-state index is 3.92. The van der Waals surface area contributed by atoms with Gasteiger partial charge >= 0.3 is 0 Å². The molecule has 0 bridgehead atoms. The third-order valence-corrected chi connectivity index (χ3v) is 2.33. The minimum atomic E-state index is 0.986. The first-order valence-electron chi connectivity index (χ1n) is 6.24. The molecule has 0 spiro atoms. The summed E-state index contributed by atoms with van der Waals surface area (Å²) in [5, 5.41) is 7.02. The van der Waals surface area contributed by atoms with Crippen LogP contribution in [0, 0.1) is 0 Å². The van der Waals surface area contributed by atoms with Gasteiger partial charge in [0.1, 0.15) is 0 Å². The van der Waals surface area contributed by atoms with Crippen molar-refractivity contribution in [3.63, 3.8) is 0 Å². The van der Waals surface area contributed by atoms with E-state index in [-0.39, 0.29) is 0 Å². The summed E-state index contributed by atoms with van der Waals surface area (Å²) < 4.78 is 0. The van der Waals surface area contributed by atoms with Crippen LogP contribution in [-0.2, 0) is 0 Å². The molecule has 0 atom stereocenters. The highest BCUT2D eigenvalue weighted by atomic mass is 15.3. The number of nitrogens with one attached hydrogen (secondary N) is 2. The average Bonchev–Trinajstić information content (AvgIpc) is 2.41. The molecule has 0 aromatic carbocycles. The number of allylic oxidation sites excluding steroid dienone is 6. The van der Waals surface area contributed by atoms with Crippen molar-refractivity contribution < 1.29 is 0 Å². The minimum Gasteiger partial charge on any atom is -0.347 e. The zero-order chi connectivity index (χ0) is 14.5. The van der Waals surface area contributed by atoms with Gasteiger partial charge in [-0.15, -0.1) is 0 Å². The Balaban J connectivity index is 4.83. The molecule has 19 heavy (non-hydrogen) atoms. The Morgan fingerprint density at radius 1 is 1.05 bits per heavy atom. The predicted molar refractivity (Wildman–Crippen MR) is 85.3 cm³/mol. The molecule has 0 aromatic heterocycles. The number of aliphatic imine (C=N–C) groups is 1. The van der Waals surface area contributed by atoms with Gasteiger partial charge in [0.2, 0.25) is 0 Å². The molecular formula is C15H24N4. The first-order chi connectivity index (χ1) is 9.15. The van der Waals surface area contributed by atoms with Gasteiger partial charge in [0.05, 0.1) is 6.34 Å². The van der Waals surface area contributed by atoms with Crippen LogP contribution in [0.15, 0.2) is 57.4 Å². The first kappa shape index (κ1) is 16.9. The van der Waals surface area contributed by atoms with Crippen LogP contribution in [0.25, 0.3) is 0 Å². The van der Waals surface area contributed by atoms with Crippen LogP contribution in [0.5, 0.6) is 0 Å². The SMILES string of the molecule is C\C=C/C(=C\C=C(C)\C(C)=C\N/N=C\C)N/C=N/C. The quantitative estimate of drug-likeness (QED) is 0.320. The molecule has 0 saturated heterocycles. The third-order valence-electron chi connectivity index (χ3n) is 2.33. The van der Waals surface area contributed by atoms with E-state index in [0.29, 0.717) is 0 Å². The monoisotopic (exact) mass is 260 g/mol. The third kappa shape index (κ3) is 8.60. The number of nitrogens with zero attached hydrogens (tertiary/aromatic N) is 2. The van der Waals surface area contributed by atoms with Crippen LogP contribution in [0.1, 0.15) is 27.7 Å². The van der Waals surface area contributed by atoms with E-state index in [1.54, 1.807) is 19.6 Å². The summed E-state index contributed by atoms with van der Waals surface area (Å²) in [5.41, 5.74) is 6.14. The summed E-state index contributed by atoms with van der Waals surface area (Å²) in [7, 11) is 1.73. The summed E-state index contributed by atoms with van der Waals surface area (Å²) in [6, 6.07) is 0. The van der Waals surface area contributed by atoms with Crippen LogP contribution in [0.4, 0.5) is 0 Å². The second-order valence-electron chi connectivity index (χ2n) is 3.85. The zero-order valence-corrected chi connectivity index (χ0v) is 12.4. The molecule has 0 unspecified atom stereocenters. The first-order valence-corrected chi connectivity index (χ1v) is 6.24. The largest absolute Gasteiger partial charge is 0.347 e. The molecule has 0 radical (unpaired) electrons. The fraction of sp³-hybridized carbons (Fsp3) is 0.333. The van der Waals surface area contributed by atoms with E-state index in [0.717, 1.165) is 16.8 Å². The fourth-order valence-corrected chi connectivity index (χ4v) is 1.14. The Morgan fingerprint density at radius 3 is 2.37 bits per heavy atom. The minimum absolute atomic E-state index is 0.986. The lowest BCUT2D eigenvalue weighted by Gasteiger charge is -2.02. The number of hydrazone groups is 1. The van der Waals surface area contributed by atoms with Gasteiger partial charge in [-0.3, -0.25) is 10.4 Å². The second kappa shape index (κ2) is 11.0. The molecule has 0 fully saturated rings. The van der Waals surface area contributed by atoms with Crippen LogP contribution in [0.2, 0.25) is 0 Å². The van der Waals surface area contributed by atoms with Gasteiger partial charge in [0.15, 0.2) is 0 Å². The molecule has 4 heteroatoms. The van der Waals surface area contributed by atoms with E-state index in [9.17, 15) is 0 Å². The van der Waals surface area contributed by atoms with Crippen molar-refractivity contribution >= 4 is 12.6 Å². The number of hydrogen-bond donors (Lipinski definition) is 2. The summed E-state index contributed by atoms with van der Waals surface area (Å²) >= 11 is 0. The molecule has 104 valence electrons. The van der Waals surface area contributed by atoms with Gasteiger partial charge in [-0.2, -0.15) is 5.10 Å². The summed E-state index contributed by atoms with van der Waals surface area (Å²) in [6.45, 7) is 7.94. The molecule has 2 N–H and O–H groups in total. The maximum Gasteiger partial charge on any atom is 0.0864 e. The van der Waals surface area contributed by atoms with Gasteiger partial charge in [-0.05, 0) is 51.0 Å². The molecular weight excluding hydrogens is 236 g/mol. The highest BCUT2D eigenvalue weighted by Crippen LogP contribution is 2.07. The van der Waals surface area contributed by atoms with Gasteiger partial charge in [-0.25, -0.2) is 0 Å². The summed E-state index contributed by atoms with van der Waals surface area (Å²) in [6.07, 6.45) is 13.3. The molecule has 0 amide bonds. The van der Waals surface area contributed by atoms with Crippen molar-refractivity contribution in [2.45, 2.75) is 27.7 Å². The van der Waals surface area contributed by atoms with Crippen LogP contribution in [-0.4, -0.2) is 19.6 Å². The Hall–Kier alpha value is -2.10. The van der Waals surface area contributed by atoms with E-state index in [1.165, 1.54) is 0 Å². The van der Waals surface area contributed by atoms with Gasteiger partial charge in [0.25, 0.3) is 0 Å². The van der Waals surface area contributed by atoms with E-state index < -0.39 is 0 Å². The lowest BCUT2D eigenvalue weighted by molar-refractivity contribution is 0.958. The Labute approximate surface area is 116 Å². The van der Waals surface area contributed by atoms with Crippen LogP contribution in [0.3, 0.4) is 0 Å². The van der Waals surface area contributed by atoms with Crippen molar-refractivity contribution in [2.24, 2.45) is 10.1 Å². The standard InChI is InChI=1S/C15H24N4/c1-6-8-15(17-12-16-5)10-9-13(3)14(4)11-19-18-7-2/h6-12,19H,1-5H3,(H,16,17)/b8-6-,13-9+,14-11+,15-10+,18-7-. The maximum atomic E-state index is 3.92. The average molecular weight is 260 g/mol. The van der Waals surface area contributed by atoms with Crippen LogP contribution < -0.4 is 10.7 Å². The number of hydrogen-bond acceptors (Lipinski definition) is 3. The molecule has 0 saturated carbocycles. The molecule has 0 aliphatic rings. The van der Waals surface area contributed by atoms with Gasteiger partial charge in [0, 0.05) is 25.2 Å². The molecule has 0 aliphatic heterocycles. The van der Waals surface area contributed by atoms with E-state index >= 15 is 0 Å². The second-order valence-corrected chi connectivity index (χ2v) is 3.85.